The molecule has 0 bridgehead atoms. The summed E-state index contributed by atoms with van der Waals surface area (Å²) in [5.41, 5.74) is 4.72. The smallest absolute Gasteiger partial charge is 0.120 e. The van der Waals surface area contributed by atoms with Gasteiger partial charge in [-0.25, -0.2) is 0 Å². The quantitative estimate of drug-likeness (QED) is 0.529. The van der Waals surface area contributed by atoms with Gasteiger partial charge >= 0.3 is 0 Å². The summed E-state index contributed by atoms with van der Waals surface area (Å²) in [6.07, 6.45) is 8.17. The molecule has 3 nitrogen and oxygen atoms in total. The molecule has 5 unspecified atom stereocenters. The summed E-state index contributed by atoms with van der Waals surface area (Å²) in [4.78, 5) is 2.22. The first-order valence-corrected chi connectivity index (χ1v) is 12.6. The lowest BCUT2D eigenvalue weighted by molar-refractivity contribution is -0.0661. The standard InChI is InChI=1S/C29H39NO2/c1-29-16-15-25-24-12-10-23(32-20-21-7-5-4-6-8-21)19-22(24)9-11-26(25)27(29)13-14-28(29)31-18-17-30(2)3/h4-8,10,12,19,25-28H,9,11,13-18,20H2,1-3H3. The number of hydrogen-bond donors (Lipinski definition) is 0. The van der Waals surface area contributed by atoms with Crippen molar-refractivity contribution >= 4 is 0 Å². The van der Waals surface area contributed by atoms with Gasteiger partial charge in [0, 0.05) is 6.54 Å². The SMILES string of the molecule is CN(C)CCOC1CCC2C3CCc4cc(OCc5ccccc5)ccc4C3CCC12C. The highest BCUT2D eigenvalue weighted by molar-refractivity contribution is 5.41. The fraction of sp³-hybridized carbons (Fsp3) is 0.586. The molecule has 0 N–H and O–H groups in total. The maximum absolute atomic E-state index is 6.46. The summed E-state index contributed by atoms with van der Waals surface area (Å²) in [6, 6.07) is 17.4. The average molecular weight is 434 g/mol. The molecule has 2 fully saturated rings. The molecule has 0 heterocycles. The summed E-state index contributed by atoms with van der Waals surface area (Å²) in [5.74, 6) is 3.37. The van der Waals surface area contributed by atoms with Gasteiger partial charge in [0.25, 0.3) is 0 Å². The minimum Gasteiger partial charge on any atom is -0.489 e. The number of ether oxygens (including phenoxy) is 2. The van der Waals surface area contributed by atoms with E-state index in [1.165, 1.54) is 49.7 Å². The lowest BCUT2D eigenvalue weighted by Crippen LogP contribution is -2.45. The third-order valence-corrected chi connectivity index (χ3v) is 8.72. The maximum Gasteiger partial charge on any atom is 0.120 e. The maximum atomic E-state index is 6.46. The first-order chi connectivity index (χ1) is 15.5. The minimum absolute atomic E-state index is 0.365. The van der Waals surface area contributed by atoms with Gasteiger partial charge in [-0.3, -0.25) is 0 Å². The number of nitrogens with zero attached hydrogens (tertiary/aromatic N) is 1. The van der Waals surface area contributed by atoms with Crippen LogP contribution in [0.5, 0.6) is 5.75 Å². The van der Waals surface area contributed by atoms with Crippen LogP contribution in [0.4, 0.5) is 0 Å². The van der Waals surface area contributed by atoms with E-state index >= 15 is 0 Å². The van der Waals surface area contributed by atoms with E-state index in [1.807, 2.05) is 0 Å². The van der Waals surface area contributed by atoms with Crippen molar-refractivity contribution in [1.82, 2.24) is 4.90 Å². The first kappa shape index (κ1) is 22.0. The highest BCUT2D eigenvalue weighted by atomic mass is 16.5. The molecular weight excluding hydrogens is 394 g/mol. The van der Waals surface area contributed by atoms with Gasteiger partial charge < -0.3 is 14.4 Å². The lowest BCUT2D eigenvalue weighted by atomic mass is 9.55. The molecule has 0 aromatic heterocycles. The van der Waals surface area contributed by atoms with Crippen LogP contribution in [0.25, 0.3) is 0 Å². The average Bonchev–Trinajstić information content (AvgIpc) is 3.14. The van der Waals surface area contributed by atoms with Crippen molar-refractivity contribution in [3.8, 4) is 5.75 Å². The van der Waals surface area contributed by atoms with Crippen LogP contribution in [0.2, 0.25) is 0 Å². The Balaban J connectivity index is 1.26. The predicted octanol–water partition coefficient (Wildman–Crippen LogP) is 6.07. The Hall–Kier alpha value is -1.84. The second-order valence-electron chi connectivity index (χ2n) is 10.8. The van der Waals surface area contributed by atoms with Crippen LogP contribution in [-0.4, -0.2) is 38.3 Å². The van der Waals surface area contributed by atoms with Gasteiger partial charge in [0.05, 0.1) is 12.7 Å². The fourth-order valence-electron chi connectivity index (χ4n) is 6.99. The third-order valence-electron chi connectivity index (χ3n) is 8.72. The minimum atomic E-state index is 0.365. The number of rotatable bonds is 7. The van der Waals surface area contributed by atoms with Crippen LogP contribution in [-0.2, 0) is 17.8 Å². The van der Waals surface area contributed by atoms with Crippen molar-refractivity contribution in [3.63, 3.8) is 0 Å². The van der Waals surface area contributed by atoms with Gasteiger partial charge in [-0.05, 0) is 105 Å². The Kier molecular flexibility index (Phi) is 6.31. The molecule has 0 amide bonds. The number of hydrogen-bond acceptors (Lipinski definition) is 3. The van der Waals surface area contributed by atoms with Crippen LogP contribution in [0.3, 0.4) is 0 Å². The third kappa shape index (κ3) is 4.22. The zero-order valence-corrected chi connectivity index (χ0v) is 20.1. The molecule has 2 saturated carbocycles. The van der Waals surface area contributed by atoms with E-state index in [0.717, 1.165) is 36.7 Å². The van der Waals surface area contributed by atoms with Crippen molar-refractivity contribution in [2.75, 3.05) is 27.2 Å². The van der Waals surface area contributed by atoms with Gasteiger partial charge in [0.2, 0.25) is 0 Å². The van der Waals surface area contributed by atoms with Crippen molar-refractivity contribution in [3.05, 3.63) is 65.2 Å². The molecule has 0 saturated heterocycles. The van der Waals surface area contributed by atoms with Gasteiger partial charge in [-0.1, -0.05) is 43.3 Å². The molecule has 0 radical (unpaired) electrons. The van der Waals surface area contributed by atoms with Gasteiger partial charge in [0.15, 0.2) is 0 Å². The molecule has 172 valence electrons. The van der Waals surface area contributed by atoms with E-state index in [0.29, 0.717) is 18.1 Å². The van der Waals surface area contributed by atoms with E-state index in [4.69, 9.17) is 9.47 Å². The van der Waals surface area contributed by atoms with Crippen molar-refractivity contribution < 1.29 is 9.47 Å². The van der Waals surface area contributed by atoms with E-state index in [2.05, 4.69) is 74.4 Å². The summed E-state index contributed by atoms with van der Waals surface area (Å²) in [5, 5.41) is 0. The zero-order chi connectivity index (χ0) is 22.1. The molecule has 2 aromatic rings. The molecule has 2 aromatic carbocycles. The van der Waals surface area contributed by atoms with E-state index in [9.17, 15) is 0 Å². The summed E-state index contributed by atoms with van der Waals surface area (Å²) >= 11 is 0. The van der Waals surface area contributed by atoms with Crippen LogP contribution in [0.15, 0.2) is 48.5 Å². The molecule has 5 atom stereocenters. The topological polar surface area (TPSA) is 21.7 Å². The Morgan fingerprint density at radius 2 is 1.84 bits per heavy atom. The number of aryl methyl sites for hydroxylation is 1. The highest BCUT2D eigenvalue weighted by Gasteiger charge is 2.55. The van der Waals surface area contributed by atoms with Crippen molar-refractivity contribution in [2.24, 2.45) is 17.3 Å². The molecule has 3 aliphatic carbocycles. The molecule has 0 spiro atoms. The van der Waals surface area contributed by atoms with Crippen LogP contribution >= 0.6 is 0 Å². The van der Waals surface area contributed by atoms with E-state index in [1.54, 1.807) is 5.56 Å². The fourth-order valence-corrected chi connectivity index (χ4v) is 6.99. The predicted molar refractivity (Wildman–Crippen MR) is 130 cm³/mol. The van der Waals surface area contributed by atoms with Crippen LogP contribution in [0.1, 0.15) is 61.6 Å². The Bertz CT molecular complexity index is 911. The molecular formula is C29H39NO2. The molecule has 3 aliphatic rings. The highest BCUT2D eigenvalue weighted by Crippen LogP contribution is 2.61. The van der Waals surface area contributed by atoms with Gasteiger partial charge in [-0.15, -0.1) is 0 Å². The number of fused-ring (bicyclic) bond motifs is 5. The number of likely N-dealkylation sites (N-methyl/N-ethyl adjacent to an activating group) is 1. The van der Waals surface area contributed by atoms with Crippen LogP contribution in [0, 0.1) is 17.3 Å². The summed E-state index contributed by atoms with van der Waals surface area (Å²) in [6.45, 7) is 5.06. The number of benzene rings is 2. The molecule has 0 aliphatic heterocycles. The normalized spacial score (nSPS) is 31.1. The second-order valence-corrected chi connectivity index (χ2v) is 10.8. The zero-order valence-electron chi connectivity index (χ0n) is 20.1. The largest absolute Gasteiger partial charge is 0.489 e. The van der Waals surface area contributed by atoms with E-state index < -0.39 is 0 Å². The molecule has 5 rings (SSSR count). The van der Waals surface area contributed by atoms with E-state index in [-0.39, 0.29) is 0 Å². The molecule has 32 heavy (non-hydrogen) atoms. The Labute approximate surface area is 194 Å². The van der Waals surface area contributed by atoms with Gasteiger partial charge in [-0.2, -0.15) is 0 Å². The summed E-state index contributed by atoms with van der Waals surface area (Å²) in [7, 11) is 4.26. The van der Waals surface area contributed by atoms with Crippen molar-refractivity contribution in [1.29, 1.82) is 0 Å². The van der Waals surface area contributed by atoms with Crippen molar-refractivity contribution in [2.45, 2.75) is 64.1 Å². The first-order valence-electron chi connectivity index (χ1n) is 12.6. The Morgan fingerprint density at radius 1 is 1.00 bits per heavy atom. The Morgan fingerprint density at radius 3 is 2.66 bits per heavy atom. The van der Waals surface area contributed by atoms with Gasteiger partial charge in [0.1, 0.15) is 12.4 Å². The summed E-state index contributed by atoms with van der Waals surface area (Å²) < 4.78 is 12.6. The lowest BCUT2D eigenvalue weighted by Gasteiger charge is -2.50. The monoisotopic (exact) mass is 433 g/mol. The van der Waals surface area contributed by atoms with Crippen LogP contribution < -0.4 is 4.74 Å². The second kappa shape index (κ2) is 9.19. The molecule has 3 heteroatoms.